The quantitative estimate of drug-likeness (QED) is 0.772. The SMILES string of the molecule is CC(C)c1ccccc1C/C=C(\C=C/N)c1ccccc1. The highest BCUT2D eigenvalue weighted by molar-refractivity contribution is 5.74. The van der Waals surface area contributed by atoms with E-state index in [1.54, 1.807) is 6.20 Å². The molecule has 0 fully saturated rings. The largest absolute Gasteiger partial charge is 0.405 e. The second kappa shape index (κ2) is 7.49. The zero-order chi connectivity index (χ0) is 15.1. The van der Waals surface area contributed by atoms with Crippen molar-refractivity contribution in [2.75, 3.05) is 0 Å². The Labute approximate surface area is 127 Å². The molecule has 1 heteroatoms. The summed E-state index contributed by atoms with van der Waals surface area (Å²) in [6.07, 6.45) is 6.74. The van der Waals surface area contributed by atoms with Crippen molar-refractivity contribution in [3.05, 3.63) is 89.6 Å². The van der Waals surface area contributed by atoms with Gasteiger partial charge >= 0.3 is 0 Å². The van der Waals surface area contributed by atoms with Crippen LogP contribution in [-0.2, 0) is 6.42 Å². The number of nitrogens with two attached hydrogens (primary N) is 1. The molecule has 0 saturated carbocycles. The lowest BCUT2D eigenvalue weighted by molar-refractivity contribution is 0.850. The zero-order valence-corrected chi connectivity index (χ0v) is 12.8. The maximum absolute atomic E-state index is 5.59. The minimum atomic E-state index is 0.542. The van der Waals surface area contributed by atoms with Gasteiger partial charge in [-0.15, -0.1) is 0 Å². The molecular formula is C20H23N. The molecule has 0 aromatic heterocycles. The van der Waals surface area contributed by atoms with Crippen LogP contribution in [0.3, 0.4) is 0 Å². The summed E-state index contributed by atoms with van der Waals surface area (Å²) in [5.74, 6) is 0.542. The smallest absolute Gasteiger partial charge is 0.00563 e. The Bertz CT molecular complexity index is 621. The van der Waals surface area contributed by atoms with E-state index in [4.69, 9.17) is 5.73 Å². The van der Waals surface area contributed by atoms with E-state index in [-0.39, 0.29) is 0 Å². The van der Waals surface area contributed by atoms with Crippen LogP contribution < -0.4 is 5.73 Å². The minimum Gasteiger partial charge on any atom is -0.405 e. The summed E-state index contributed by atoms with van der Waals surface area (Å²) in [5.41, 5.74) is 10.7. The molecule has 0 unspecified atom stereocenters. The van der Waals surface area contributed by atoms with Crippen LogP contribution >= 0.6 is 0 Å². The van der Waals surface area contributed by atoms with Crippen LogP contribution in [0.15, 0.2) is 72.9 Å². The maximum Gasteiger partial charge on any atom is -0.00563 e. The van der Waals surface area contributed by atoms with Gasteiger partial charge in [0, 0.05) is 0 Å². The van der Waals surface area contributed by atoms with Gasteiger partial charge in [-0.05, 0) is 46.9 Å². The number of hydrogen-bond donors (Lipinski definition) is 1. The van der Waals surface area contributed by atoms with E-state index in [9.17, 15) is 0 Å². The van der Waals surface area contributed by atoms with Gasteiger partial charge in [-0.2, -0.15) is 0 Å². The first kappa shape index (κ1) is 15.1. The van der Waals surface area contributed by atoms with Crippen molar-refractivity contribution in [2.24, 2.45) is 5.73 Å². The summed E-state index contributed by atoms with van der Waals surface area (Å²) in [6.45, 7) is 4.47. The Morgan fingerprint density at radius 2 is 1.67 bits per heavy atom. The van der Waals surface area contributed by atoms with E-state index < -0.39 is 0 Å². The van der Waals surface area contributed by atoms with Crippen LogP contribution in [-0.4, -0.2) is 0 Å². The lowest BCUT2D eigenvalue weighted by Crippen LogP contribution is -1.95. The third kappa shape index (κ3) is 4.09. The summed E-state index contributed by atoms with van der Waals surface area (Å²) < 4.78 is 0. The zero-order valence-electron chi connectivity index (χ0n) is 12.8. The lowest BCUT2D eigenvalue weighted by Gasteiger charge is -2.11. The van der Waals surface area contributed by atoms with Crippen molar-refractivity contribution in [1.82, 2.24) is 0 Å². The average Bonchev–Trinajstić information content (AvgIpc) is 2.52. The first-order valence-electron chi connectivity index (χ1n) is 7.44. The van der Waals surface area contributed by atoms with E-state index >= 15 is 0 Å². The topological polar surface area (TPSA) is 26.0 Å². The molecule has 108 valence electrons. The first-order chi connectivity index (χ1) is 10.2. The van der Waals surface area contributed by atoms with Crippen molar-refractivity contribution >= 4 is 5.57 Å². The predicted octanol–water partition coefficient (Wildman–Crippen LogP) is 4.91. The van der Waals surface area contributed by atoms with Crippen LogP contribution in [0.2, 0.25) is 0 Å². The van der Waals surface area contributed by atoms with Crippen LogP contribution in [0.25, 0.3) is 5.57 Å². The van der Waals surface area contributed by atoms with Crippen LogP contribution in [0.5, 0.6) is 0 Å². The molecule has 0 bridgehead atoms. The average molecular weight is 277 g/mol. The lowest BCUT2D eigenvalue weighted by atomic mass is 9.94. The van der Waals surface area contributed by atoms with Crippen molar-refractivity contribution in [1.29, 1.82) is 0 Å². The Morgan fingerprint density at radius 3 is 2.33 bits per heavy atom. The summed E-state index contributed by atoms with van der Waals surface area (Å²) >= 11 is 0. The Morgan fingerprint density at radius 1 is 1.00 bits per heavy atom. The van der Waals surface area contributed by atoms with Crippen LogP contribution in [0.4, 0.5) is 0 Å². The monoisotopic (exact) mass is 277 g/mol. The van der Waals surface area contributed by atoms with Gasteiger partial charge in [0.05, 0.1) is 0 Å². The fraction of sp³-hybridized carbons (Fsp3) is 0.200. The number of allylic oxidation sites excluding steroid dienone is 3. The summed E-state index contributed by atoms with van der Waals surface area (Å²) in [7, 11) is 0. The number of rotatable bonds is 5. The molecule has 2 N–H and O–H groups in total. The molecular weight excluding hydrogens is 254 g/mol. The van der Waals surface area contributed by atoms with Gasteiger partial charge in [0.2, 0.25) is 0 Å². The number of hydrogen-bond acceptors (Lipinski definition) is 1. The van der Waals surface area contributed by atoms with E-state index in [1.165, 1.54) is 16.7 Å². The van der Waals surface area contributed by atoms with Gasteiger partial charge in [0.25, 0.3) is 0 Å². The molecule has 0 aliphatic carbocycles. The molecule has 0 atom stereocenters. The summed E-state index contributed by atoms with van der Waals surface area (Å²) in [6, 6.07) is 19.0. The van der Waals surface area contributed by atoms with Gasteiger partial charge in [-0.3, -0.25) is 0 Å². The third-order valence-electron chi connectivity index (χ3n) is 3.60. The Hall–Kier alpha value is -2.28. The predicted molar refractivity (Wildman–Crippen MR) is 92.0 cm³/mol. The first-order valence-corrected chi connectivity index (χ1v) is 7.44. The van der Waals surface area contributed by atoms with E-state index in [0.717, 1.165) is 12.0 Å². The minimum absolute atomic E-state index is 0.542. The number of benzene rings is 2. The second-order valence-corrected chi connectivity index (χ2v) is 5.44. The summed E-state index contributed by atoms with van der Waals surface area (Å²) in [4.78, 5) is 0. The molecule has 0 amide bonds. The van der Waals surface area contributed by atoms with Crippen molar-refractivity contribution < 1.29 is 0 Å². The molecule has 0 saturated heterocycles. The standard InChI is InChI=1S/C20H23N/c1-16(2)20-11-7-6-10-19(20)13-12-18(14-15-21)17-8-4-3-5-9-17/h3-12,14-16H,13,21H2,1-2H3/b15-14-,18-12+. The highest BCUT2D eigenvalue weighted by Gasteiger charge is 2.05. The van der Waals surface area contributed by atoms with Gasteiger partial charge < -0.3 is 5.73 Å². The van der Waals surface area contributed by atoms with Crippen LogP contribution in [0.1, 0.15) is 36.5 Å². The normalized spacial score (nSPS) is 12.2. The maximum atomic E-state index is 5.59. The molecule has 1 nitrogen and oxygen atoms in total. The highest BCUT2D eigenvalue weighted by atomic mass is 14.5. The highest BCUT2D eigenvalue weighted by Crippen LogP contribution is 2.22. The van der Waals surface area contributed by atoms with Gasteiger partial charge in [0.1, 0.15) is 0 Å². The van der Waals surface area contributed by atoms with E-state index in [0.29, 0.717) is 5.92 Å². The molecule has 0 aliphatic heterocycles. The van der Waals surface area contributed by atoms with E-state index in [2.05, 4.69) is 68.5 Å². The fourth-order valence-corrected chi connectivity index (χ4v) is 2.52. The molecule has 0 spiro atoms. The van der Waals surface area contributed by atoms with Crippen molar-refractivity contribution in [2.45, 2.75) is 26.2 Å². The molecule has 21 heavy (non-hydrogen) atoms. The summed E-state index contributed by atoms with van der Waals surface area (Å²) in [5, 5.41) is 0. The fourth-order valence-electron chi connectivity index (χ4n) is 2.52. The molecule has 2 rings (SSSR count). The second-order valence-electron chi connectivity index (χ2n) is 5.44. The van der Waals surface area contributed by atoms with Gasteiger partial charge in [-0.25, -0.2) is 0 Å². The molecule has 0 radical (unpaired) electrons. The molecule has 2 aromatic rings. The molecule has 0 aliphatic rings. The van der Waals surface area contributed by atoms with Crippen LogP contribution in [0, 0.1) is 0 Å². The van der Waals surface area contributed by atoms with Gasteiger partial charge in [-0.1, -0.05) is 74.5 Å². The van der Waals surface area contributed by atoms with Crippen molar-refractivity contribution in [3.63, 3.8) is 0 Å². The Balaban J connectivity index is 2.29. The Kier molecular flexibility index (Phi) is 5.39. The van der Waals surface area contributed by atoms with Gasteiger partial charge in [0.15, 0.2) is 0 Å². The third-order valence-corrected chi connectivity index (χ3v) is 3.60. The molecule has 2 aromatic carbocycles. The van der Waals surface area contributed by atoms with Crippen molar-refractivity contribution in [3.8, 4) is 0 Å². The van der Waals surface area contributed by atoms with E-state index in [1.807, 2.05) is 12.1 Å². The molecule has 0 heterocycles.